The maximum Gasteiger partial charge on any atom is 0.251 e. The number of benzene rings is 1. The zero-order chi connectivity index (χ0) is 21.6. The van der Waals surface area contributed by atoms with Gasteiger partial charge in [-0.1, -0.05) is 16.8 Å². The standard InChI is InChI=1S/C21H27ClN6O3.HI/c1-2-23-21(28-11-9-27(10-12-28)20(29)17-4-3-13-30-17)24-14-18-25-19(26-31-18)15-5-7-16(22)8-6-15;/h5-8,17H,2-4,9-14H2,1H3,(H,23,24);1H. The molecule has 2 aliphatic heterocycles. The molecule has 11 heteroatoms. The second-order valence-electron chi connectivity index (χ2n) is 7.50. The molecular weight excluding hydrogens is 547 g/mol. The lowest BCUT2D eigenvalue weighted by Crippen LogP contribution is -2.55. The molecule has 1 aromatic heterocycles. The first kappa shape index (κ1) is 24.7. The van der Waals surface area contributed by atoms with E-state index in [4.69, 9.17) is 20.9 Å². The molecule has 174 valence electrons. The Kier molecular flexibility index (Phi) is 9.11. The van der Waals surface area contributed by atoms with Crippen molar-refractivity contribution in [3.63, 3.8) is 0 Å². The van der Waals surface area contributed by atoms with E-state index in [0.29, 0.717) is 49.5 Å². The predicted molar refractivity (Wildman–Crippen MR) is 132 cm³/mol. The highest BCUT2D eigenvalue weighted by atomic mass is 127. The largest absolute Gasteiger partial charge is 0.368 e. The number of guanidine groups is 1. The Balaban J connectivity index is 0.00000289. The van der Waals surface area contributed by atoms with Crippen molar-refractivity contribution >= 4 is 47.4 Å². The number of ether oxygens (including phenoxy) is 1. The highest BCUT2D eigenvalue weighted by molar-refractivity contribution is 14.0. The molecule has 0 radical (unpaired) electrons. The normalized spacial score (nSPS) is 19.1. The van der Waals surface area contributed by atoms with Gasteiger partial charge in [0.2, 0.25) is 11.7 Å². The molecule has 1 amide bonds. The van der Waals surface area contributed by atoms with Crippen LogP contribution in [0.3, 0.4) is 0 Å². The van der Waals surface area contributed by atoms with Gasteiger partial charge in [-0.15, -0.1) is 24.0 Å². The Bertz CT molecular complexity index is 909. The van der Waals surface area contributed by atoms with E-state index < -0.39 is 0 Å². The number of rotatable bonds is 5. The average molecular weight is 575 g/mol. The van der Waals surface area contributed by atoms with E-state index in [-0.39, 0.29) is 42.5 Å². The van der Waals surface area contributed by atoms with Gasteiger partial charge in [0.05, 0.1) is 0 Å². The molecule has 2 aliphatic rings. The van der Waals surface area contributed by atoms with Crippen LogP contribution in [0.4, 0.5) is 0 Å². The lowest BCUT2D eigenvalue weighted by molar-refractivity contribution is -0.142. The molecule has 1 atom stereocenters. The molecule has 3 heterocycles. The minimum atomic E-state index is -0.263. The van der Waals surface area contributed by atoms with Gasteiger partial charge in [0.15, 0.2) is 5.96 Å². The average Bonchev–Trinajstić information content (AvgIpc) is 3.49. The maximum atomic E-state index is 12.6. The number of amides is 1. The summed E-state index contributed by atoms with van der Waals surface area (Å²) in [5.74, 6) is 1.83. The summed E-state index contributed by atoms with van der Waals surface area (Å²) in [5, 5.41) is 8.00. The van der Waals surface area contributed by atoms with Crippen molar-refractivity contribution in [2.45, 2.75) is 32.4 Å². The van der Waals surface area contributed by atoms with Crippen LogP contribution in [0, 0.1) is 0 Å². The number of aromatic nitrogens is 2. The molecular formula is C21H28ClIN6O3. The van der Waals surface area contributed by atoms with Gasteiger partial charge in [0.1, 0.15) is 12.6 Å². The van der Waals surface area contributed by atoms with Crippen molar-refractivity contribution < 1.29 is 14.1 Å². The number of nitrogens with zero attached hydrogens (tertiary/aromatic N) is 5. The first-order valence-electron chi connectivity index (χ1n) is 10.7. The predicted octanol–water partition coefficient (Wildman–Crippen LogP) is 2.80. The van der Waals surface area contributed by atoms with E-state index in [1.165, 1.54) is 0 Å². The van der Waals surface area contributed by atoms with Crippen LogP contribution in [-0.2, 0) is 16.1 Å². The third-order valence-corrected chi connectivity index (χ3v) is 5.62. The second-order valence-corrected chi connectivity index (χ2v) is 7.94. The number of aliphatic imine (C=N–C) groups is 1. The number of halogens is 2. The van der Waals surface area contributed by atoms with Crippen molar-refractivity contribution in [3.05, 3.63) is 35.2 Å². The fourth-order valence-electron chi connectivity index (χ4n) is 3.72. The van der Waals surface area contributed by atoms with Crippen LogP contribution in [-0.4, -0.2) is 77.2 Å². The minimum Gasteiger partial charge on any atom is -0.368 e. The maximum absolute atomic E-state index is 12.6. The highest BCUT2D eigenvalue weighted by Gasteiger charge is 2.30. The molecule has 1 aromatic carbocycles. The molecule has 0 spiro atoms. The summed E-state index contributed by atoms with van der Waals surface area (Å²) >= 11 is 5.93. The molecule has 32 heavy (non-hydrogen) atoms. The molecule has 2 saturated heterocycles. The van der Waals surface area contributed by atoms with Crippen LogP contribution in [0.1, 0.15) is 25.7 Å². The van der Waals surface area contributed by atoms with Crippen molar-refractivity contribution in [3.8, 4) is 11.4 Å². The summed E-state index contributed by atoms with van der Waals surface area (Å²) in [6.07, 6.45) is 1.52. The van der Waals surface area contributed by atoms with Crippen molar-refractivity contribution in [1.29, 1.82) is 0 Å². The fourth-order valence-corrected chi connectivity index (χ4v) is 3.84. The Morgan fingerprint density at radius 2 is 1.94 bits per heavy atom. The number of hydrogen-bond acceptors (Lipinski definition) is 6. The second kappa shape index (κ2) is 11.8. The van der Waals surface area contributed by atoms with Gasteiger partial charge >= 0.3 is 0 Å². The topological polar surface area (TPSA) is 96.1 Å². The highest BCUT2D eigenvalue weighted by Crippen LogP contribution is 2.19. The number of piperazine rings is 1. The van der Waals surface area contributed by atoms with Gasteiger partial charge in [-0.2, -0.15) is 4.98 Å². The number of hydrogen-bond donors (Lipinski definition) is 1. The molecule has 0 saturated carbocycles. The third kappa shape index (κ3) is 6.10. The zero-order valence-electron chi connectivity index (χ0n) is 18.0. The van der Waals surface area contributed by atoms with Gasteiger partial charge < -0.3 is 24.4 Å². The molecule has 4 rings (SSSR count). The SMILES string of the molecule is CCNC(=NCc1nc(-c2ccc(Cl)cc2)no1)N1CCN(C(=O)C2CCCO2)CC1.I. The van der Waals surface area contributed by atoms with Gasteiger partial charge in [-0.25, -0.2) is 4.99 Å². The van der Waals surface area contributed by atoms with Gasteiger partial charge in [0, 0.05) is 49.9 Å². The molecule has 0 bridgehead atoms. The summed E-state index contributed by atoms with van der Waals surface area (Å²) in [4.78, 5) is 25.7. The summed E-state index contributed by atoms with van der Waals surface area (Å²) in [5.41, 5.74) is 0.835. The van der Waals surface area contributed by atoms with E-state index in [1.54, 1.807) is 12.1 Å². The summed E-state index contributed by atoms with van der Waals surface area (Å²) in [6.45, 7) is 6.47. The Morgan fingerprint density at radius 3 is 2.59 bits per heavy atom. The first-order chi connectivity index (χ1) is 15.1. The van der Waals surface area contributed by atoms with Gasteiger partial charge in [0.25, 0.3) is 5.91 Å². The van der Waals surface area contributed by atoms with E-state index >= 15 is 0 Å². The van der Waals surface area contributed by atoms with Crippen LogP contribution in [0.15, 0.2) is 33.8 Å². The molecule has 1 N–H and O–H groups in total. The summed E-state index contributed by atoms with van der Waals surface area (Å²) in [6, 6.07) is 7.28. The van der Waals surface area contributed by atoms with Crippen LogP contribution in [0.25, 0.3) is 11.4 Å². The summed E-state index contributed by atoms with van der Waals surface area (Å²) < 4.78 is 10.9. The Morgan fingerprint density at radius 1 is 1.22 bits per heavy atom. The van der Waals surface area contributed by atoms with Gasteiger partial charge in [-0.05, 0) is 44.0 Å². The third-order valence-electron chi connectivity index (χ3n) is 5.37. The van der Waals surface area contributed by atoms with Crippen molar-refractivity contribution in [1.82, 2.24) is 25.3 Å². The van der Waals surface area contributed by atoms with Crippen molar-refractivity contribution in [2.75, 3.05) is 39.3 Å². The fraction of sp³-hybridized carbons (Fsp3) is 0.524. The minimum absolute atomic E-state index is 0. The van der Waals surface area contributed by atoms with E-state index in [1.807, 2.05) is 24.0 Å². The zero-order valence-corrected chi connectivity index (χ0v) is 21.1. The van der Waals surface area contributed by atoms with Crippen LogP contribution >= 0.6 is 35.6 Å². The Hall–Kier alpha value is -1.92. The number of carbonyl (C=O) groups excluding carboxylic acids is 1. The van der Waals surface area contributed by atoms with Gasteiger partial charge in [-0.3, -0.25) is 4.79 Å². The quantitative estimate of drug-likeness (QED) is 0.333. The van der Waals surface area contributed by atoms with Crippen LogP contribution in [0.2, 0.25) is 5.02 Å². The number of nitrogens with one attached hydrogen (secondary N) is 1. The number of carbonyl (C=O) groups is 1. The van der Waals surface area contributed by atoms with E-state index in [0.717, 1.165) is 30.9 Å². The van der Waals surface area contributed by atoms with E-state index in [9.17, 15) is 4.79 Å². The van der Waals surface area contributed by atoms with Crippen LogP contribution in [0.5, 0.6) is 0 Å². The summed E-state index contributed by atoms with van der Waals surface area (Å²) in [7, 11) is 0. The molecule has 0 aliphatic carbocycles. The molecule has 2 aromatic rings. The lowest BCUT2D eigenvalue weighted by Gasteiger charge is -2.37. The monoisotopic (exact) mass is 574 g/mol. The van der Waals surface area contributed by atoms with Crippen molar-refractivity contribution in [2.24, 2.45) is 4.99 Å². The van der Waals surface area contributed by atoms with E-state index in [2.05, 4.69) is 25.3 Å². The smallest absolute Gasteiger partial charge is 0.251 e. The lowest BCUT2D eigenvalue weighted by atomic mass is 10.2. The Labute approximate surface area is 209 Å². The van der Waals surface area contributed by atoms with Crippen LogP contribution < -0.4 is 5.32 Å². The first-order valence-corrected chi connectivity index (χ1v) is 11.0. The molecule has 2 fully saturated rings. The molecule has 9 nitrogen and oxygen atoms in total. The molecule has 1 unspecified atom stereocenters.